The van der Waals surface area contributed by atoms with E-state index in [0.717, 1.165) is 24.8 Å². The van der Waals surface area contributed by atoms with Gasteiger partial charge in [0.25, 0.3) is 11.8 Å². The Bertz CT molecular complexity index is 898. The first-order chi connectivity index (χ1) is 13.9. The average Bonchev–Trinajstić information content (AvgIpc) is 3.04. The highest BCUT2D eigenvalue weighted by Crippen LogP contribution is 2.40. The Morgan fingerprint density at radius 3 is 2.48 bits per heavy atom. The summed E-state index contributed by atoms with van der Waals surface area (Å²) in [4.78, 5) is 29.5. The lowest BCUT2D eigenvalue weighted by molar-refractivity contribution is -0.0586. The van der Waals surface area contributed by atoms with E-state index >= 15 is 0 Å². The number of rotatable bonds is 3. The number of morpholine rings is 1. The molecule has 6 heteroatoms. The van der Waals surface area contributed by atoms with Crippen molar-refractivity contribution < 1.29 is 14.3 Å². The first-order valence-electron chi connectivity index (χ1n) is 10.4. The van der Waals surface area contributed by atoms with Crippen LogP contribution in [0.25, 0.3) is 0 Å². The number of nitrogens with zero attached hydrogens (tertiary/aromatic N) is 1. The third kappa shape index (κ3) is 4.23. The van der Waals surface area contributed by atoms with Gasteiger partial charge in [-0.1, -0.05) is 25.1 Å². The Morgan fingerprint density at radius 2 is 1.79 bits per heavy atom. The van der Waals surface area contributed by atoms with E-state index in [9.17, 15) is 9.59 Å². The van der Waals surface area contributed by atoms with Crippen molar-refractivity contribution in [1.82, 2.24) is 4.90 Å². The van der Waals surface area contributed by atoms with Crippen LogP contribution in [0.2, 0.25) is 0 Å². The minimum atomic E-state index is -0.171. The Hall–Kier alpha value is -2.18. The number of carbonyl (C=O) groups is 2. The van der Waals surface area contributed by atoms with Crippen LogP contribution in [0.3, 0.4) is 0 Å². The van der Waals surface area contributed by atoms with Gasteiger partial charge in [0.2, 0.25) is 0 Å². The first kappa shape index (κ1) is 20.1. The summed E-state index contributed by atoms with van der Waals surface area (Å²) < 4.78 is 5.80. The number of carbonyl (C=O) groups excluding carboxylic acids is 2. The molecule has 2 aromatic rings. The van der Waals surface area contributed by atoms with Crippen LogP contribution < -0.4 is 5.32 Å². The highest BCUT2D eigenvalue weighted by molar-refractivity contribution is 7.17. The molecule has 1 N–H and O–H groups in total. The topological polar surface area (TPSA) is 58.6 Å². The zero-order valence-electron chi connectivity index (χ0n) is 17.2. The van der Waals surface area contributed by atoms with Crippen LogP contribution in [-0.2, 0) is 17.6 Å². The molecule has 29 heavy (non-hydrogen) atoms. The van der Waals surface area contributed by atoms with E-state index < -0.39 is 0 Å². The monoisotopic (exact) mass is 412 g/mol. The lowest BCUT2D eigenvalue weighted by atomic mass is 9.88. The Morgan fingerprint density at radius 1 is 1.10 bits per heavy atom. The van der Waals surface area contributed by atoms with Gasteiger partial charge in [-0.15, -0.1) is 11.3 Å². The summed E-state index contributed by atoms with van der Waals surface area (Å²) in [5.74, 6) is 0.447. The third-order valence-corrected chi connectivity index (χ3v) is 6.87. The number of fused-ring (bicyclic) bond motifs is 1. The molecule has 0 radical (unpaired) electrons. The molecule has 0 saturated carbocycles. The second kappa shape index (κ2) is 8.28. The van der Waals surface area contributed by atoms with E-state index in [2.05, 4.69) is 12.2 Å². The number of benzene rings is 1. The van der Waals surface area contributed by atoms with Crippen molar-refractivity contribution in [3.05, 3.63) is 51.9 Å². The summed E-state index contributed by atoms with van der Waals surface area (Å²) in [5, 5.41) is 3.73. The summed E-state index contributed by atoms with van der Waals surface area (Å²) in [6.07, 6.45) is 2.97. The Kier molecular flexibility index (Phi) is 5.74. The maximum atomic E-state index is 13.6. The molecule has 1 aliphatic carbocycles. The van der Waals surface area contributed by atoms with Crippen LogP contribution >= 0.6 is 11.3 Å². The summed E-state index contributed by atoms with van der Waals surface area (Å²) in [7, 11) is 0. The fraction of sp³-hybridized carbons (Fsp3) is 0.478. The average molecular weight is 413 g/mol. The maximum Gasteiger partial charge on any atom is 0.257 e. The summed E-state index contributed by atoms with van der Waals surface area (Å²) in [5.41, 5.74) is 2.43. The smallest absolute Gasteiger partial charge is 0.257 e. The fourth-order valence-electron chi connectivity index (χ4n) is 4.33. The highest BCUT2D eigenvalue weighted by Gasteiger charge is 2.33. The standard InChI is InChI=1S/C23H28N2O3S/c1-14-9-10-18-19(11-14)29-22(24-21(26)17-7-5-4-6-8-17)20(18)23(27)25-12-15(2)28-16(3)13-25/h4-8,14-16H,9-13H2,1-3H3,(H,24,26). The third-order valence-electron chi connectivity index (χ3n) is 5.70. The zero-order chi connectivity index (χ0) is 20.5. The molecule has 1 aliphatic heterocycles. The number of anilines is 1. The lowest BCUT2D eigenvalue weighted by Crippen LogP contribution is -2.48. The van der Waals surface area contributed by atoms with Gasteiger partial charge in [0.15, 0.2) is 0 Å². The van der Waals surface area contributed by atoms with E-state index in [1.54, 1.807) is 23.5 Å². The second-order valence-corrected chi connectivity index (χ2v) is 9.45. The van der Waals surface area contributed by atoms with Gasteiger partial charge in [0, 0.05) is 23.5 Å². The van der Waals surface area contributed by atoms with Gasteiger partial charge in [-0.3, -0.25) is 9.59 Å². The molecular weight excluding hydrogens is 384 g/mol. The molecule has 0 bridgehead atoms. The molecule has 3 unspecified atom stereocenters. The normalized spacial score (nSPS) is 24.1. The van der Waals surface area contributed by atoms with Crippen LogP contribution in [-0.4, -0.2) is 42.0 Å². The minimum Gasteiger partial charge on any atom is -0.372 e. The quantitative estimate of drug-likeness (QED) is 0.814. The van der Waals surface area contributed by atoms with Crippen molar-refractivity contribution in [1.29, 1.82) is 0 Å². The first-order valence-corrected chi connectivity index (χ1v) is 11.2. The number of hydrogen-bond acceptors (Lipinski definition) is 4. The second-order valence-electron chi connectivity index (χ2n) is 8.34. The van der Waals surface area contributed by atoms with Gasteiger partial charge >= 0.3 is 0 Å². The number of amides is 2. The fourth-order valence-corrected chi connectivity index (χ4v) is 5.73. The SMILES string of the molecule is CC1CCc2c(sc(NC(=O)c3ccccc3)c2C(=O)N2CC(C)OC(C)C2)C1. The molecule has 3 atom stereocenters. The predicted octanol–water partition coefficient (Wildman–Crippen LogP) is 4.37. The van der Waals surface area contributed by atoms with Crippen LogP contribution in [0.5, 0.6) is 0 Å². The van der Waals surface area contributed by atoms with Crippen molar-refractivity contribution >= 4 is 28.2 Å². The predicted molar refractivity (Wildman–Crippen MR) is 116 cm³/mol. The van der Waals surface area contributed by atoms with Crippen LogP contribution in [0.4, 0.5) is 5.00 Å². The van der Waals surface area contributed by atoms with Crippen molar-refractivity contribution in [2.75, 3.05) is 18.4 Å². The Labute approximate surface area is 176 Å². The summed E-state index contributed by atoms with van der Waals surface area (Å²) in [6.45, 7) is 7.40. The van der Waals surface area contributed by atoms with E-state index in [0.29, 0.717) is 35.1 Å². The van der Waals surface area contributed by atoms with Crippen LogP contribution in [0.15, 0.2) is 30.3 Å². The number of nitrogens with one attached hydrogen (secondary N) is 1. The molecule has 154 valence electrons. The molecule has 1 aromatic carbocycles. The van der Waals surface area contributed by atoms with E-state index in [4.69, 9.17) is 4.74 Å². The van der Waals surface area contributed by atoms with Crippen molar-refractivity contribution in [2.24, 2.45) is 5.92 Å². The molecule has 1 fully saturated rings. The molecular formula is C23H28N2O3S. The minimum absolute atomic E-state index is 0.0135. The number of hydrogen-bond donors (Lipinski definition) is 1. The van der Waals surface area contributed by atoms with Crippen molar-refractivity contribution in [3.63, 3.8) is 0 Å². The van der Waals surface area contributed by atoms with Gasteiger partial charge in [-0.2, -0.15) is 0 Å². The largest absolute Gasteiger partial charge is 0.372 e. The molecule has 2 amide bonds. The van der Waals surface area contributed by atoms with Gasteiger partial charge in [-0.05, 0) is 56.7 Å². The summed E-state index contributed by atoms with van der Waals surface area (Å²) in [6, 6.07) is 9.16. The number of ether oxygens (including phenoxy) is 1. The van der Waals surface area contributed by atoms with Crippen molar-refractivity contribution in [2.45, 2.75) is 52.2 Å². The molecule has 4 rings (SSSR count). The molecule has 1 saturated heterocycles. The van der Waals surface area contributed by atoms with Crippen LogP contribution in [0.1, 0.15) is 58.3 Å². The summed E-state index contributed by atoms with van der Waals surface area (Å²) >= 11 is 1.57. The lowest BCUT2D eigenvalue weighted by Gasteiger charge is -2.35. The molecule has 0 spiro atoms. The number of thiophene rings is 1. The van der Waals surface area contributed by atoms with Gasteiger partial charge in [0.05, 0.1) is 17.8 Å². The Balaban J connectivity index is 1.68. The van der Waals surface area contributed by atoms with Gasteiger partial charge in [0.1, 0.15) is 5.00 Å². The van der Waals surface area contributed by atoms with Gasteiger partial charge in [-0.25, -0.2) is 0 Å². The molecule has 5 nitrogen and oxygen atoms in total. The van der Waals surface area contributed by atoms with Crippen LogP contribution in [0, 0.1) is 5.92 Å². The molecule has 2 heterocycles. The maximum absolute atomic E-state index is 13.6. The van der Waals surface area contributed by atoms with E-state index in [1.165, 1.54) is 4.88 Å². The zero-order valence-corrected chi connectivity index (χ0v) is 18.1. The molecule has 2 aliphatic rings. The van der Waals surface area contributed by atoms with Gasteiger partial charge < -0.3 is 15.0 Å². The van der Waals surface area contributed by atoms with E-state index in [1.807, 2.05) is 36.9 Å². The van der Waals surface area contributed by atoms with E-state index in [-0.39, 0.29) is 24.0 Å². The molecule has 1 aromatic heterocycles. The van der Waals surface area contributed by atoms with Crippen molar-refractivity contribution in [3.8, 4) is 0 Å². The highest BCUT2D eigenvalue weighted by atomic mass is 32.1.